The lowest BCUT2D eigenvalue weighted by atomic mass is 10.2. The first-order valence-electron chi connectivity index (χ1n) is 5.79. The van der Waals surface area contributed by atoms with E-state index in [1.807, 2.05) is 6.20 Å². The van der Waals surface area contributed by atoms with E-state index in [4.69, 9.17) is 4.74 Å². The van der Waals surface area contributed by atoms with Gasteiger partial charge < -0.3 is 10.1 Å². The molecule has 0 spiro atoms. The van der Waals surface area contributed by atoms with Crippen LogP contribution in [0.3, 0.4) is 0 Å². The van der Waals surface area contributed by atoms with Crippen LogP contribution in [0.2, 0.25) is 0 Å². The molecule has 0 unspecified atom stereocenters. The topological polar surface area (TPSA) is 56.1 Å². The van der Waals surface area contributed by atoms with Crippen LogP contribution in [0.4, 0.5) is 0 Å². The highest BCUT2D eigenvalue weighted by Crippen LogP contribution is 2.11. The number of methoxy groups -OCH3 is 1. The molecule has 0 aliphatic rings. The maximum absolute atomic E-state index is 11.8. The SMILES string of the molecule is COc1ccc(C(=O)NCCn2cc(Br)cn2)cc1. The highest BCUT2D eigenvalue weighted by molar-refractivity contribution is 9.10. The number of amides is 1. The summed E-state index contributed by atoms with van der Waals surface area (Å²) in [6.07, 6.45) is 3.57. The van der Waals surface area contributed by atoms with E-state index < -0.39 is 0 Å². The van der Waals surface area contributed by atoms with Crippen LogP contribution in [0.5, 0.6) is 5.75 Å². The average molecular weight is 324 g/mol. The van der Waals surface area contributed by atoms with Gasteiger partial charge in [0.15, 0.2) is 0 Å². The molecule has 0 aliphatic heterocycles. The minimum atomic E-state index is -0.103. The summed E-state index contributed by atoms with van der Waals surface area (Å²) in [7, 11) is 1.59. The van der Waals surface area contributed by atoms with E-state index in [0.717, 1.165) is 10.2 Å². The standard InChI is InChI=1S/C13H14BrN3O2/c1-19-12-4-2-10(3-5-12)13(18)15-6-7-17-9-11(14)8-16-17/h2-5,8-9H,6-7H2,1H3,(H,15,18). The monoisotopic (exact) mass is 323 g/mol. The molecule has 100 valence electrons. The lowest BCUT2D eigenvalue weighted by Gasteiger charge is -2.06. The number of ether oxygens (including phenoxy) is 1. The molecule has 0 saturated carbocycles. The third kappa shape index (κ3) is 3.82. The maximum atomic E-state index is 11.8. The molecule has 0 aliphatic carbocycles. The van der Waals surface area contributed by atoms with Gasteiger partial charge in [0.05, 0.1) is 24.3 Å². The van der Waals surface area contributed by atoms with Crippen molar-refractivity contribution in [3.05, 3.63) is 46.7 Å². The van der Waals surface area contributed by atoms with Gasteiger partial charge in [0.25, 0.3) is 5.91 Å². The van der Waals surface area contributed by atoms with Crippen molar-refractivity contribution >= 4 is 21.8 Å². The van der Waals surface area contributed by atoms with Crippen molar-refractivity contribution in [2.75, 3.05) is 13.7 Å². The summed E-state index contributed by atoms with van der Waals surface area (Å²) in [5, 5.41) is 6.95. The van der Waals surface area contributed by atoms with E-state index in [1.165, 1.54) is 0 Å². The fourth-order valence-electron chi connectivity index (χ4n) is 1.59. The van der Waals surface area contributed by atoms with Gasteiger partial charge in [-0.1, -0.05) is 0 Å². The van der Waals surface area contributed by atoms with Gasteiger partial charge in [-0.15, -0.1) is 0 Å². The fourth-order valence-corrected chi connectivity index (χ4v) is 1.92. The molecule has 0 atom stereocenters. The summed E-state index contributed by atoms with van der Waals surface area (Å²) in [4.78, 5) is 11.8. The van der Waals surface area contributed by atoms with Crippen molar-refractivity contribution in [2.45, 2.75) is 6.54 Å². The molecule has 1 N–H and O–H groups in total. The lowest BCUT2D eigenvalue weighted by molar-refractivity contribution is 0.0952. The van der Waals surface area contributed by atoms with Crippen LogP contribution < -0.4 is 10.1 Å². The first kappa shape index (κ1) is 13.6. The fraction of sp³-hybridized carbons (Fsp3) is 0.231. The number of rotatable bonds is 5. The summed E-state index contributed by atoms with van der Waals surface area (Å²) in [5.41, 5.74) is 0.613. The summed E-state index contributed by atoms with van der Waals surface area (Å²) in [6.45, 7) is 1.16. The lowest BCUT2D eigenvalue weighted by Crippen LogP contribution is -2.27. The van der Waals surface area contributed by atoms with Crippen LogP contribution in [-0.4, -0.2) is 29.3 Å². The number of carbonyl (C=O) groups excluding carboxylic acids is 1. The number of halogens is 1. The smallest absolute Gasteiger partial charge is 0.251 e. The Labute approximate surface area is 119 Å². The van der Waals surface area contributed by atoms with Crippen LogP contribution in [0.15, 0.2) is 41.1 Å². The number of hydrogen-bond acceptors (Lipinski definition) is 3. The van der Waals surface area contributed by atoms with E-state index in [-0.39, 0.29) is 5.91 Å². The van der Waals surface area contributed by atoms with Crippen LogP contribution in [0.1, 0.15) is 10.4 Å². The second kappa shape index (κ2) is 6.38. The van der Waals surface area contributed by atoms with Crippen molar-refractivity contribution in [3.63, 3.8) is 0 Å². The van der Waals surface area contributed by atoms with Crippen molar-refractivity contribution in [1.82, 2.24) is 15.1 Å². The second-order valence-corrected chi connectivity index (χ2v) is 4.82. The summed E-state index contributed by atoms with van der Waals surface area (Å²) >= 11 is 3.32. The Balaban J connectivity index is 1.83. The van der Waals surface area contributed by atoms with E-state index in [0.29, 0.717) is 18.7 Å². The molecule has 2 rings (SSSR count). The molecule has 0 radical (unpaired) electrons. The molecule has 0 fully saturated rings. The molecule has 0 saturated heterocycles. The zero-order valence-electron chi connectivity index (χ0n) is 10.5. The maximum Gasteiger partial charge on any atom is 0.251 e. The van der Waals surface area contributed by atoms with Crippen LogP contribution in [-0.2, 0) is 6.54 Å². The Morgan fingerprint density at radius 2 is 2.16 bits per heavy atom. The number of hydrogen-bond donors (Lipinski definition) is 1. The Bertz CT molecular complexity index is 551. The summed E-state index contributed by atoms with van der Waals surface area (Å²) < 4.78 is 7.73. The Kier molecular flexibility index (Phi) is 4.57. The molecule has 5 nitrogen and oxygen atoms in total. The number of nitrogens with one attached hydrogen (secondary N) is 1. The summed E-state index contributed by atoms with van der Waals surface area (Å²) in [5.74, 6) is 0.631. The minimum Gasteiger partial charge on any atom is -0.497 e. The van der Waals surface area contributed by atoms with Gasteiger partial charge in [0, 0.05) is 18.3 Å². The summed E-state index contributed by atoms with van der Waals surface area (Å²) in [6, 6.07) is 7.00. The van der Waals surface area contributed by atoms with Crippen molar-refractivity contribution in [1.29, 1.82) is 0 Å². The Hall–Kier alpha value is -1.82. The van der Waals surface area contributed by atoms with E-state index >= 15 is 0 Å². The Morgan fingerprint density at radius 1 is 1.42 bits per heavy atom. The molecule has 1 heterocycles. The van der Waals surface area contributed by atoms with E-state index in [9.17, 15) is 4.79 Å². The average Bonchev–Trinajstić information content (AvgIpc) is 2.84. The zero-order chi connectivity index (χ0) is 13.7. The predicted molar refractivity (Wildman–Crippen MR) is 75.3 cm³/mol. The minimum absolute atomic E-state index is 0.103. The van der Waals surface area contributed by atoms with Crippen molar-refractivity contribution < 1.29 is 9.53 Å². The second-order valence-electron chi connectivity index (χ2n) is 3.91. The predicted octanol–water partition coefficient (Wildman–Crippen LogP) is 2.08. The highest BCUT2D eigenvalue weighted by atomic mass is 79.9. The molecule has 6 heteroatoms. The van der Waals surface area contributed by atoms with Gasteiger partial charge >= 0.3 is 0 Å². The van der Waals surface area contributed by atoms with Gasteiger partial charge in [-0.25, -0.2) is 0 Å². The van der Waals surface area contributed by atoms with Gasteiger partial charge in [-0.3, -0.25) is 9.48 Å². The van der Waals surface area contributed by atoms with Gasteiger partial charge in [-0.2, -0.15) is 5.10 Å². The number of aromatic nitrogens is 2. The first-order valence-corrected chi connectivity index (χ1v) is 6.58. The Morgan fingerprint density at radius 3 is 2.74 bits per heavy atom. The molecule has 19 heavy (non-hydrogen) atoms. The molecule has 1 aromatic heterocycles. The quantitative estimate of drug-likeness (QED) is 0.916. The van der Waals surface area contributed by atoms with Gasteiger partial charge in [0.2, 0.25) is 0 Å². The number of benzene rings is 1. The molecule has 0 bridgehead atoms. The largest absolute Gasteiger partial charge is 0.497 e. The third-order valence-corrected chi connectivity index (χ3v) is 2.99. The molecule has 2 aromatic rings. The van der Waals surface area contributed by atoms with E-state index in [1.54, 1.807) is 42.3 Å². The number of nitrogens with zero attached hydrogens (tertiary/aromatic N) is 2. The molecular formula is C13H14BrN3O2. The third-order valence-electron chi connectivity index (χ3n) is 2.58. The van der Waals surface area contributed by atoms with Crippen molar-refractivity contribution in [3.8, 4) is 5.75 Å². The van der Waals surface area contributed by atoms with Gasteiger partial charge in [-0.05, 0) is 40.2 Å². The first-order chi connectivity index (χ1) is 9.19. The highest BCUT2D eigenvalue weighted by Gasteiger charge is 2.05. The molecular weight excluding hydrogens is 310 g/mol. The molecule has 1 amide bonds. The van der Waals surface area contributed by atoms with E-state index in [2.05, 4.69) is 26.3 Å². The number of carbonyl (C=O) groups is 1. The van der Waals surface area contributed by atoms with Gasteiger partial charge in [0.1, 0.15) is 5.75 Å². The molecule has 1 aromatic carbocycles. The van der Waals surface area contributed by atoms with Crippen LogP contribution >= 0.6 is 15.9 Å². The van der Waals surface area contributed by atoms with Crippen LogP contribution in [0, 0.1) is 0 Å². The van der Waals surface area contributed by atoms with Crippen LogP contribution in [0.25, 0.3) is 0 Å². The zero-order valence-corrected chi connectivity index (χ0v) is 12.1. The normalized spacial score (nSPS) is 10.2. The van der Waals surface area contributed by atoms with Crippen molar-refractivity contribution in [2.24, 2.45) is 0 Å².